The molecule has 0 radical (unpaired) electrons. The Labute approximate surface area is 99.7 Å². The van der Waals surface area contributed by atoms with Crippen LogP contribution in [0, 0.1) is 0 Å². The molecule has 88 valence electrons. The van der Waals surface area contributed by atoms with Gasteiger partial charge in [-0.1, -0.05) is 6.08 Å². The minimum absolute atomic E-state index is 0.0872. The van der Waals surface area contributed by atoms with Crippen LogP contribution in [0.1, 0.15) is 22.3 Å². The Kier molecular flexibility index (Phi) is 2.95. The van der Waals surface area contributed by atoms with Crippen LogP contribution in [0.4, 0.5) is 5.69 Å². The predicted molar refractivity (Wildman–Crippen MR) is 65.8 cm³/mol. The van der Waals surface area contributed by atoms with Crippen LogP contribution in [0.2, 0.25) is 0 Å². The number of carbonyl (C=O) groups is 2. The van der Waals surface area contributed by atoms with Crippen molar-refractivity contribution in [2.45, 2.75) is 12.8 Å². The van der Waals surface area contributed by atoms with Crippen molar-refractivity contribution < 1.29 is 9.59 Å². The fourth-order valence-electron chi connectivity index (χ4n) is 2.04. The van der Waals surface area contributed by atoms with E-state index in [0.29, 0.717) is 24.9 Å². The molecule has 0 fully saturated rings. The van der Waals surface area contributed by atoms with Crippen molar-refractivity contribution in [1.82, 2.24) is 0 Å². The summed E-state index contributed by atoms with van der Waals surface area (Å²) < 4.78 is 0. The molecular formula is C13H14N2O2. The summed E-state index contributed by atoms with van der Waals surface area (Å²) in [5.41, 5.74) is 7.56. The van der Waals surface area contributed by atoms with Crippen molar-refractivity contribution in [2.24, 2.45) is 5.73 Å². The van der Waals surface area contributed by atoms with Gasteiger partial charge in [0.25, 0.3) is 0 Å². The van der Waals surface area contributed by atoms with E-state index in [9.17, 15) is 9.59 Å². The number of carbonyl (C=O) groups excluding carboxylic acids is 2. The molecule has 1 aromatic carbocycles. The van der Waals surface area contributed by atoms with Crippen LogP contribution in [0.3, 0.4) is 0 Å². The molecule has 0 saturated heterocycles. The topological polar surface area (TPSA) is 63.4 Å². The van der Waals surface area contributed by atoms with Gasteiger partial charge < -0.3 is 10.6 Å². The quantitative estimate of drug-likeness (QED) is 0.794. The van der Waals surface area contributed by atoms with Gasteiger partial charge in [-0.25, -0.2) is 0 Å². The molecule has 17 heavy (non-hydrogen) atoms. The number of amides is 2. The Hall–Kier alpha value is -2.10. The summed E-state index contributed by atoms with van der Waals surface area (Å²) in [5.74, 6) is -0.357. The van der Waals surface area contributed by atoms with Gasteiger partial charge in [0.2, 0.25) is 11.8 Å². The number of rotatable bonds is 3. The molecule has 0 saturated carbocycles. The molecule has 4 heteroatoms. The average Bonchev–Trinajstić information content (AvgIpc) is 2.32. The predicted octanol–water partition coefficient (Wildman–Crippen LogP) is 1.25. The Morgan fingerprint density at radius 2 is 2.24 bits per heavy atom. The number of primary amides is 1. The van der Waals surface area contributed by atoms with E-state index in [4.69, 9.17) is 5.73 Å². The highest BCUT2D eigenvalue weighted by Crippen LogP contribution is 2.28. The normalized spacial score (nSPS) is 14.4. The molecule has 0 unspecified atom stereocenters. The zero-order chi connectivity index (χ0) is 12.4. The summed E-state index contributed by atoms with van der Waals surface area (Å²) >= 11 is 0. The highest BCUT2D eigenvalue weighted by molar-refractivity contribution is 5.98. The molecule has 1 aliphatic heterocycles. The molecule has 0 aromatic heterocycles. The molecule has 2 amide bonds. The van der Waals surface area contributed by atoms with Crippen molar-refractivity contribution in [2.75, 3.05) is 11.4 Å². The van der Waals surface area contributed by atoms with Crippen molar-refractivity contribution in [3.8, 4) is 0 Å². The molecule has 0 bridgehead atoms. The van der Waals surface area contributed by atoms with E-state index in [2.05, 4.69) is 6.58 Å². The van der Waals surface area contributed by atoms with Gasteiger partial charge in [-0.05, 0) is 30.2 Å². The lowest BCUT2D eigenvalue weighted by molar-refractivity contribution is -0.118. The first-order chi connectivity index (χ1) is 8.13. The maximum Gasteiger partial charge on any atom is 0.248 e. The molecule has 2 N–H and O–H groups in total. The van der Waals surface area contributed by atoms with Crippen LogP contribution in [0.5, 0.6) is 0 Å². The average molecular weight is 230 g/mol. The standard InChI is InChI=1S/C13H14N2O2/c1-2-7-15-11-5-3-10(13(14)17)8-9(11)4-6-12(15)16/h2-3,5,8H,1,4,6-7H2,(H2,14,17). The zero-order valence-corrected chi connectivity index (χ0v) is 9.48. The van der Waals surface area contributed by atoms with Crippen molar-refractivity contribution in [1.29, 1.82) is 0 Å². The van der Waals surface area contributed by atoms with Gasteiger partial charge in [-0.15, -0.1) is 6.58 Å². The number of benzene rings is 1. The van der Waals surface area contributed by atoms with Gasteiger partial charge in [-0.3, -0.25) is 9.59 Å². The van der Waals surface area contributed by atoms with Gasteiger partial charge in [-0.2, -0.15) is 0 Å². The Morgan fingerprint density at radius 1 is 1.47 bits per heavy atom. The number of hydrogen-bond acceptors (Lipinski definition) is 2. The fourth-order valence-corrected chi connectivity index (χ4v) is 2.04. The fraction of sp³-hybridized carbons (Fsp3) is 0.231. The van der Waals surface area contributed by atoms with E-state index in [1.165, 1.54) is 0 Å². The number of hydrogen-bond donors (Lipinski definition) is 1. The highest BCUT2D eigenvalue weighted by atomic mass is 16.2. The number of nitrogens with two attached hydrogens (primary N) is 1. The van der Waals surface area contributed by atoms with Crippen LogP contribution in [-0.2, 0) is 11.2 Å². The number of aryl methyl sites for hydroxylation is 1. The van der Waals surface area contributed by atoms with E-state index in [1.807, 2.05) is 0 Å². The van der Waals surface area contributed by atoms with Crippen LogP contribution in [0.15, 0.2) is 30.9 Å². The van der Waals surface area contributed by atoms with Crippen LogP contribution < -0.4 is 10.6 Å². The maximum atomic E-state index is 11.8. The molecule has 1 aliphatic rings. The number of fused-ring (bicyclic) bond motifs is 1. The van der Waals surface area contributed by atoms with Crippen LogP contribution in [-0.4, -0.2) is 18.4 Å². The molecule has 4 nitrogen and oxygen atoms in total. The number of nitrogens with zero attached hydrogens (tertiary/aromatic N) is 1. The first kappa shape index (κ1) is 11.4. The van der Waals surface area contributed by atoms with Gasteiger partial charge >= 0.3 is 0 Å². The van der Waals surface area contributed by atoms with E-state index < -0.39 is 5.91 Å². The lowest BCUT2D eigenvalue weighted by Gasteiger charge is -2.28. The second-order valence-electron chi connectivity index (χ2n) is 4.00. The Balaban J connectivity index is 2.43. The van der Waals surface area contributed by atoms with Crippen molar-refractivity contribution in [3.05, 3.63) is 42.0 Å². The zero-order valence-electron chi connectivity index (χ0n) is 9.48. The summed E-state index contributed by atoms with van der Waals surface area (Å²) in [6.45, 7) is 4.13. The third kappa shape index (κ3) is 2.06. The second-order valence-corrected chi connectivity index (χ2v) is 4.00. The second kappa shape index (κ2) is 4.41. The molecule has 0 aliphatic carbocycles. The van der Waals surface area contributed by atoms with Gasteiger partial charge in [0.05, 0.1) is 0 Å². The summed E-state index contributed by atoms with van der Waals surface area (Å²) in [6, 6.07) is 5.19. The maximum absolute atomic E-state index is 11.8. The molecule has 2 rings (SSSR count). The molecule has 0 atom stereocenters. The van der Waals surface area contributed by atoms with Crippen molar-refractivity contribution >= 4 is 17.5 Å². The first-order valence-corrected chi connectivity index (χ1v) is 5.47. The minimum atomic E-state index is -0.444. The SMILES string of the molecule is C=CCN1C(=O)CCc2cc(C(N)=O)ccc21. The smallest absolute Gasteiger partial charge is 0.248 e. The molecular weight excluding hydrogens is 216 g/mol. The van der Waals surface area contributed by atoms with E-state index in [0.717, 1.165) is 11.3 Å². The summed E-state index contributed by atoms with van der Waals surface area (Å²) in [5, 5.41) is 0. The number of anilines is 1. The third-order valence-corrected chi connectivity index (χ3v) is 2.88. The summed E-state index contributed by atoms with van der Waals surface area (Å²) in [4.78, 5) is 24.5. The highest BCUT2D eigenvalue weighted by Gasteiger charge is 2.23. The minimum Gasteiger partial charge on any atom is -0.366 e. The van der Waals surface area contributed by atoms with E-state index in [-0.39, 0.29) is 5.91 Å². The monoisotopic (exact) mass is 230 g/mol. The van der Waals surface area contributed by atoms with Crippen molar-refractivity contribution in [3.63, 3.8) is 0 Å². The largest absolute Gasteiger partial charge is 0.366 e. The summed E-state index contributed by atoms with van der Waals surface area (Å²) in [6.07, 6.45) is 2.81. The lowest BCUT2D eigenvalue weighted by Crippen LogP contribution is -2.35. The Bertz CT molecular complexity index is 494. The third-order valence-electron chi connectivity index (χ3n) is 2.88. The Morgan fingerprint density at radius 3 is 2.88 bits per heavy atom. The van der Waals surface area contributed by atoms with Gasteiger partial charge in [0.15, 0.2) is 0 Å². The van der Waals surface area contributed by atoms with Crippen LogP contribution in [0.25, 0.3) is 0 Å². The van der Waals surface area contributed by atoms with Gasteiger partial charge in [0, 0.05) is 24.2 Å². The molecule has 0 spiro atoms. The van der Waals surface area contributed by atoms with Gasteiger partial charge in [0.1, 0.15) is 0 Å². The first-order valence-electron chi connectivity index (χ1n) is 5.47. The molecule has 1 heterocycles. The molecule has 1 aromatic rings. The van der Waals surface area contributed by atoms with E-state index in [1.54, 1.807) is 29.2 Å². The summed E-state index contributed by atoms with van der Waals surface area (Å²) in [7, 11) is 0. The lowest BCUT2D eigenvalue weighted by atomic mass is 9.98. The van der Waals surface area contributed by atoms with E-state index >= 15 is 0 Å². The van der Waals surface area contributed by atoms with Crippen LogP contribution >= 0.6 is 0 Å².